The smallest absolute Gasteiger partial charge is 0.257 e. The molecule has 0 atom stereocenters. The largest absolute Gasteiger partial charge is 0.322 e. The van der Waals surface area contributed by atoms with E-state index in [4.69, 9.17) is 0 Å². The van der Waals surface area contributed by atoms with Gasteiger partial charge in [0.25, 0.3) is 5.91 Å². The SMILES string of the molecule is CCc1cc(NC(=O)c2ccc(Br)nc2)ccc1C. The van der Waals surface area contributed by atoms with E-state index in [1.165, 1.54) is 11.1 Å². The summed E-state index contributed by atoms with van der Waals surface area (Å²) >= 11 is 3.25. The summed E-state index contributed by atoms with van der Waals surface area (Å²) in [7, 11) is 0. The van der Waals surface area contributed by atoms with E-state index in [2.05, 4.69) is 40.1 Å². The maximum absolute atomic E-state index is 12.0. The predicted octanol–water partition coefficient (Wildman–Crippen LogP) is 3.97. The van der Waals surface area contributed by atoms with Crippen LogP contribution < -0.4 is 5.32 Å². The molecule has 1 aromatic heterocycles. The Bertz CT molecular complexity index is 594. The van der Waals surface area contributed by atoms with E-state index in [0.717, 1.165) is 12.1 Å². The van der Waals surface area contributed by atoms with Crippen LogP contribution in [0.1, 0.15) is 28.4 Å². The number of aromatic nitrogens is 1. The van der Waals surface area contributed by atoms with Crippen molar-refractivity contribution in [1.29, 1.82) is 0 Å². The van der Waals surface area contributed by atoms with Crippen LogP contribution in [0.3, 0.4) is 0 Å². The highest BCUT2D eigenvalue weighted by Gasteiger charge is 2.07. The number of amides is 1. The van der Waals surface area contributed by atoms with Gasteiger partial charge >= 0.3 is 0 Å². The second-order valence-electron chi connectivity index (χ2n) is 4.32. The molecular formula is C15H15BrN2O. The number of carbonyl (C=O) groups is 1. The fourth-order valence-corrected chi connectivity index (χ4v) is 2.08. The van der Waals surface area contributed by atoms with Gasteiger partial charge < -0.3 is 5.32 Å². The highest BCUT2D eigenvalue weighted by Crippen LogP contribution is 2.17. The maximum Gasteiger partial charge on any atom is 0.257 e. The third kappa shape index (κ3) is 3.41. The predicted molar refractivity (Wildman–Crippen MR) is 80.4 cm³/mol. The molecule has 1 N–H and O–H groups in total. The molecule has 2 rings (SSSR count). The molecule has 1 amide bonds. The summed E-state index contributed by atoms with van der Waals surface area (Å²) in [6, 6.07) is 9.44. The number of hydrogen-bond acceptors (Lipinski definition) is 2. The number of anilines is 1. The van der Waals surface area contributed by atoms with Crippen molar-refractivity contribution < 1.29 is 4.79 Å². The zero-order valence-corrected chi connectivity index (χ0v) is 12.5. The number of nitrogens with one attached hydrogen (secondary N) is 1. The maximum atomic E-state index is 12.0. The summed E-state index contributed by atoms with van der Waals surface area (Å²) in [5.41, 5.74) is 3.84. The first-order valence-electron chi connectivity index (χ1n) is 6.12. The van der Waals surface area contributed by atoms with Crippen molar-refractivity contribution in [1.82, 2.24) is 4.98 Å². The monoisotopic (exact) mass is 318 g/mol. The van der Waals surface area contributed by atoms with Crippen molar-refractivity contribution in [3.8, 4) is 0 Å². The standard InChI is InChI=1S/C15H15BrN2O/c1-3-11-8-13(6-4-10(11)2)18-15(19)12-5-7-14(16)17-9-12/h4-9H,3H2,1-2H3,(H,18,19). The first-order valence-corrected chi connectivity index (χ1v) is 6.92. The summed E-state index contributed by atoms with van der Waals surface area (Å²) in [6.07, 6.45) is 2.50. The molecule has 0 saturated heterocycles. The zero-order valence-electron chi connectivity index (χ0n) is 10.9. The van der Waals surface area contributed by atoms with E-state index in [0.29, 0.717) is 10.2 Å². The Morgan fingerprint density at radius 2 is 2.11 bits per heavy atom. The average Bonchev–Trinajstić information content (AvgIpc) is 2.41. The van der Waals surface area contributed by atoms with Crippen molar-refractivity contribution in [2.24, 2.45) is 0 Å². The van der Waals surface area contributed by atoms with E-state index >= 15 is 0 Å². The van der Waals surface area contributed by atoms with Crippen LogP contribution >= 0.6 is 15.9 Å². The molecule has 2 aromatic rings. The van der Waals surface area contributed by atoms with E-state index in [9.17, 15) is 4.79 Å². The molecule has 0 fully saturated rings. The van der Waals surface area contributed by atoms with Crippen LogP contribution in [0.2, 0.25) is 0 Å². The lowest BCUT2D eigenvalue weighted by atomic mass is 10.1. The summed E-state index contributed by atoms with van der Waals surface area (Å²) in [4.78, 5) is 16.1. The molecule has 0 saturated carbocycles. The fourth-order valence-electron chi connectivity index (χ4n) is 1.84. The molecule has 4 heteroatoms. The van der Waals surface area contributed by atoms with Gasteiger partial charge in [-0.15, -0.1) is 0 Å². The van der Waals surface area contributed by atoms with Crippen LogP contribution in [-0.2, 0) is 6.42 Å². The van der Waals surface area contributed by atoms with Crippen molar-refractivity contribution >= 4 is 27.5 Å². The Labute approximate surface area is 121 Å². The quantitative estimate of drug-likeness (QED) is 0.870. The summed E-state index contributed by atoms with van der Waals surface area (Å²) in [5, 5.41) is 2.89. The number of aryl methyl sites for hydroxylation is 2. The van der Waals surface area contributed by atoms with Crippen molar-refractivity contribution in [2.45, 2.75) is 20.3 Å². The molecule has 98 valence electrons. The Kier molecular flexibility index (Phi) is 4.32. The Hall–Kier alpha value is -1.68. The first-order chi connectivity index (χ1) is 9.10. The summed E-state index contributed by atoms with van der Waals surface area (Å²) in [5.74, 6) is -0.147. The van der Waals surface area contributed by atoms with Gasteiger partial charge in [0.2, 0.25) is 0 Å². The van der Waals surface area contributed by atoms with E-state index in [-0.39, 0.29) is 5.91 Å². The Balaban J connectivity index is 2.17. The van der Waals surface area contributed by atoms with Crippen LogP contribution in [-0.4, -0.2) is 10.9 Å². The zero-order chi connectivity index (χ0) is 13.8. The Morgan fingerprint density at radius 1 is 1.32 bits per heavy atom. The molecule has 0 aliphatic heterocycles. The molecule has 3 nitrogen and oxygen atoms in total. The van der Waals surface area contributed by atoms with Crippen molar-refractivity contribution in [2.75, 3.05) is 5.32 Å². The van der Waals surface area contributed by atoms with Crippen LogP contribution in [0, 0.1) is 6.92 Å². The summed E-state index contributed by atoms with van der Waals surface area (Å²) in [6.45, 7) is 4.18. The summed E-state index contributed by atoms with van der Waals surface area (Å²) < 4.78 is 0.715. The lowest BCUT2D eigenvalue weighted by molar-refractivity contribution is 0.102. The van der Waals surface area contributed by atoms with E-state index in [1.54, 1.807) is 18.3 Å². The van der Waals surface area contributed by atoms with Gasteiger partial charge in [0.15, 0.2) is 0 Å². The van der Waals surface area contributed by atoms with Crippen LogP contribution in [0.25, 0.3) is 0 Å². The van der Waals surface area contributed by atoms with Crippen molar-refractivity contribution in [3.05, 3.63) is 57.8 Å². The van der Waals surface area contributed by atoms with Gasteiger partial charge in [-0.3, -0.25) is 4.79 Å². The molecule has 19 heavy (non-hydrogen) atoms. The molecule has 0 bridgehead atoms. The number of pyridine rings is 1. The molecule has 0 unspecified atom stereocenters. The normalized spacial score (nSPS) is 10.3. The Morgan fingerprint density at radius 3 is 2.74 bits per heavy atom. The van der Waals surface area contributed by atoms with Gasteiger partial charge in [0.1, 0.15) is 4.60 Å². The molecular weight excluding hydrogens is 304 g/mol. The van der Waals surface area contributed by atoms with E-state index < -0.39 is 0 Å². The van der Waals surface area contributed by atoms with Crippen LogP contribution in [0.15, 0.2) is 41.1 Å². The number of halogens is 1. The second-order valence-corrected chi connectivity index (χ2v) is 5.13. The van der Waals surface area contributed by atoms with Gasteiger partial charge in [0.05, 0.1) is 5.56 Å². The highest BCUT2D eigenvalue weighted by atomic mass is 79.9. The van der Waals surface area contributed by atoms with Gasteiger partial charge in [0, 0.05) is 11.9 Å². The molecule has 0 radical (unpaired) electrons. The lowest BCUT2D eigenvalue weighted by Gasteiger charge is -2.09. The van der Waals surface area contributed by atoms with Gasteiger partial charge in [-0.1, -0.05) is 13.0 Å². The number of hydrogen-bond donors (Lipinski definition) is 1. The third-order valence-corrected chi connectivity index (χ3v) is 3.45. The molecule has 0 spiro atoms. The minimum atomic E-state index is -0.147. The van der Waals surface area contributed by atoms with Gasteiger partial charge in [-0.05, 0) is 64.7 Å². The fraction of sp³-hybridized carbons (Fsp3) is 0.200. The first kappa shape index (κ1) is 13.7. The number of carbonyl (C=O) groups excluding carboxylic acids is 1. The molecule has 0 aliphatic rings. The van der Waals surface area contributed by atoms with E-state index in [1.807, 2.05) is 18.2 Å². The minimum Gasteiger partial charge on any atom is -0.322 e. The topological polar surface area (TPSA) is 42.0 Å². The highest BCUT2D eigenvalue weighted by molar-refractivity contribution is 9.10. The van der Waals surface area contributed by atoms with Crippen LogP contribution in [0.5, 0.6) is 0 Å². The van der Waals surface area contributed by atoms with Gasteiger partial charge in [-0.25, -0.2) is 4.98 Å². The average molecular weight is 319 g/mol. The minimum absolute atomic E-state index is 0.147. The number of nitrogens with zero attached hydrogens (tertiary/aromatic N) is 1. The third-order valence-electron chi connectivity index (χ3n) is 2.98. The molecule has 0 aliphatic carbocycles. The molecule has 1 aromatic carbocycles. The van der Waals surface area contributed by atoms with Crippen LogP contribution in [0.4, 0.5) is 5.69 Å². The number of benzene rings is 1. The lowest BCUT2D eigenvalue weighted by Crippen LogP contribution is -2.12. The van der Waals surface area contributed by atoms with Crippen molar-refractivity contribution in [3.63, 3.8) is 0 Å². The van der Waals surface area contributed by atoms with Gasteiger partial charge in [-0.2, -0.15) is 0 Å². The molecule has 1 heterocycles. The second kappa shape index (κ2) is 5.97. The number of rotatable bonds is 3.